The SMILES string of the molecule is Cc1cc(O)c2c(c1O)C(=S)C(=O)C(Cl)=C2O. The normalized spacial score (nSPS) is 15.2. The van der Waals surface area contributed by atoms with Crippen LogP contribution < -0.4 is 0 Å². The van der Waals surface area contributed by atoms with Crippen LogP contribution >= 0.6 is 23.8 Å². The van der Waals surface area contributed by atoms with Crippen LogP contribution in [0.25, 0.3) is 5.76 Å². The van der Waals surface area contributed by atoms with E-state index in [-0.39, 0.29) is 27.5 Å². The molecule has 17 heavy (non-hydrogen) atoms. The van der Waals surface area contributed by atoms with Gasteiger partial charge < -0.3 is 15.3 Å². The lowest BCUT2D eigenvalue weighted by molar-refractivity contribution is -0.109. The maximum absolute atomic E-state index is 11.6. The van der Waals surface area contributed by atoms with Gasteiger partial charge in [-0.2, -0.15) is 0 Å². The Morgan fingerprint density at radius 1 is 1.24 bits per heavy atom. The second kappa shape index (κ2) is 3.72. The van der Waals surface area contributed by atoms with E-state index in [4.69, 9.17) is 23.8 Å². The van der Waals surface area contributed by atoms with Crippen molar-refractivity contribution in [2.24, 2.45) is 0 Å². The topological polar surface area (TPSA) is 77.8 Å². The molecule has 0 aromatic heterocycles. The molecule has 2 rings (SSSR count). The predicted octanol–water partition coefficient (Wildman–Crippen LogP) is 2.17. The number of hydrogen-bond donors (Lipinski definition) is 3. The van der Waals surface area contributed by atoms with E-state index in [0.717, 1.165) is 0 Å². The summed E-state index contributed by atoms with van der Waals surface area (Å²) in [5, 5.41) is 28.8. The van der Waals surface area contributed by atoms with Crippen molar-refractivity contribution in [3.05, 3.63) is 27.8 Å². The van der Waals surface area contributed by atoms with Crippen LogP contribution in [0.5, 0.6) is 11.5 Å². The fourth-order valence-electron chi connectivity index (χ4n) is 1.68. The zero-order valence-electron chi connectivity index (χ0n) is 8.61. The van der Waals surface area contributed by atoms with Crippen LogP contribution in [0, 0.1) is 6.92 Å². The molecular weight excluding hydrogens is 264 g/mol. The second-order valence-corrected chi connectivity index (χ2v) is 4.42. The molecule has 0 aliphatic heterocycles. The minimum atomic E-state index is -0.744. The number of carbonyl (C=O) groups is 1. The van der Waals surface area contributed by atoms with Crippen LogP contribution in [0.3, 0.4) is 0 Å². The Hall–Kier alpha value is -1.59. The van der Waals surface area contributed by atoms with Crippen molar-refractivity contribution in [1.29, 1.82) is 0 Å². The third-order valence-electron chi connectivity index (χ3n) is 2.55. The van der Waals surface area contributed by atoms with Crippen molar-refractivity contribution in [2.45, 2.75) is 6.92 Å². The van der Waals surface area contributed by atoms with Gasteiger partial charge >= 0.3 is 0 Å². The quantitative estimate of drug-likeness (QED) is 0.497. The summed E-state index contributed by atoms with van der Waals surface area (Å²) in [7, 11) is 0. The number of aliphatic hydroxyl groups excluding tert-OH is 1. The maximum atomic E-state index is 11.6. The monoisotopic (exact) mass is 270 g/mol. The molecular formula is C11H7ClO4S. The Labute approximate surface area is 107 Å². The van der Waals surface area contributed by atoms with Gasteiger partial charge in [0.2, 0.25) is 5.78 Å². The first-order chi connectivity index (χ1) is 7.86. The number of halogens is 1. The van der Waals surface area contributed by atoms with E-state index in [2.05, 4.69) is 0 Å². The number of Topliss-reactive ketones (excluding diaryl/α,β-unsaturated/α-hetero) is 1. The highest BCUT2D eigenvalue weighted by atomic mass is 35.5. The average Bonchev–Trinajstić information content (AvgIpc) is 2.28. The molecule has 0 atom stereocenters. The molecule has 0 saturated heterocycles. The number of hydrogen-bond acceptors (Lipinski definition) is 5. The van der Waals surface area contributed by atoms with Crippen LogP contribution in [0.2, 0.25) is 0 Å². The third kappa shape index (κ3) is 1.50. The standard InChI is InChI=1S/C11H7ClO4S/c1-3-2-4(13)5-6(8(3)14)11(17)10(16)7(12)9(5)15/h2,13-15H,1H3. The van der Waals surface area contributed by atoms with Gasteiger partial charge in [0.15, 0.2) is 0 Å². The van der Waals surface area contributed by atoms with Gasteiger partial charge in [-0.1, -0.05) is 23.8 Å². The van der Waals surface area contributed by atoms with E-state index in [9.17, 15) is 20.1 Å². The molecule has 0 radical (unpaired) electrons. The van der Waals surface area contributed by atoms with Crippen molar-refractivity contribution in [2.75, 3.05) is 0 Å². The first kappa shape index (κ1) is 11.9. The highest BCUT2D eigenvalue weighted by Crippen LogP contribution is 2.41. The molecule has 0 heterocycles. The first-order valence-corrected chi connectivity index (χ1v) is 5.38. The molecule has 1 aromatic carbocycles. The lowest BCUT2D eigenvalue weighted by atomic mass is 9.91. The van der Waals surface area contributed by atoms with Crippen molar-refractivity contribution < 1.29 is 20.1 Å². The minimum absolute atomic E-state index is 0.0515. The molecule has 1 aliphatic rings. The number of allylic oxidation sites excluding steroid dienone is 1. The molecule has 0 saturated carbocycles. The molecule has 88 valence electrons. The van der Waals surface area contributed by atoms with Crippen LogP contribution in [-0.4, -0.2) is 26.0 Å². The number of fused-ring (bicyclic) bond motifs is 1. The van der Waals surface area contributed by atoms with Gasteiger partial charge in [-0.05, 0) is 18.6 Å². The Morgan fingerprint density at radius 3 is 2.41 bits per heavy atom. The fourth-order valence-corrected chi connectivity index (χ4v) is 2.23. The summed E-state index contributed by atoms with van der Waals surface area (Å²) in [6, 6.07) is 1.26. The van der Waals surface area contributed by atoms with E-state index < -0.39 is 16.6 Å². The summed E-state index contributed by atoms with van der Waals surface area (Å²) >= 11 is 10.5. The molecule has 0 unspecified atom stereocenters. The molecule has 0 bridgehead atoms. The number of phenols is 2. The maximum Gasteiger partial charge on any atom is 0.219 e. The van der Waals surface area contributed by atoms with E-state index in [1.807, 2.05) is 0 Å². The van der Waals surface area contributed by atoms with Gasteiger partial charge in [-0.25, -0.2) is 0 Å². The number of aliphatic hydroxyl groups is 1. The van der Waals surface area contributed by atoms with Crippen molar-refractivity contribution >= 4 is 40.2 Å². The number of ketones is 1. The van der Waals surface area contributed by atoms with Crippen LogP contribution in [0.4, 0.5) is 0 Å². The van der Waals surface area contributed by atoms with Crippen molar-refractivity contribution in [3.63, 3.8) is 0 Å². The highest BCUT2D eigenvalue weighted by Gasteiger charge is 2.34. The Kier molecular flexibility index (Phi) is 2.60. The van der Waals surface area contributed by atoms with Gasteiger partial charge in [-0.15, -0.1) is 0 Å². The summed E-state index contributed by atoms with van der Waals surface area (Å²) < 4.78 is 0. The zero-order chi connectivity index (χ0) is 12.9. The summed E-state index contributed by atoms with van der Waals surface area (Å²) in [5.41, 5.74) is 0.189. The molecule has 0 amide bonds. The Bertz CT molecular complexity index is 604. The highest BCUT2D eigenvalue weighted by molar-refractivity contribution is 7.82. The average molecular weight is 271 g/mol. The number of thiocarbonyl (C=S) groups is 1. The van der Waals surface area contributed by atoms with E-state index >= 15 is 0 Å². The summed E-state index contributed by atoms with van der Waals surface area (Å²) in [6.07, 6.45) is 0. The lowest BCUT2D eigenvalue weighted by Gasteiger charge is -2.19. The third-order valence-corrected chi connectivity index (χ3v) is 3.29. The number of rotatable bonds is 0. The van der Waals surface area contributed by atoms with Gasteiger partial charge in [0.25, 0.3) is 0 Å². The van der Waals surface area contributed by atoms with E-state index in [1.165, 1.54) is 6.07 Å². The fraction of sp³-hybridized carbons (Fsp3) is 0.0909. The van der Waals surface area contributed by atoms with Gasteiger partial charge in [-0.3, -0.25) is 4.79 Å². The number of carbonyl (C=O) groups excluding carboxylic acids is 1. The molecule has 1 aromatic rings. The zero-order valence-corrected chi connectivity index (χ0v) is 10.2. The van der Waals surface area contributed by atoms with Crippen LogP contribution in [0.1, 0.15) is 16.7 Å². The molecule has 1 aliphatic carbocycles. The van der Waals surface area contributed by atoms with Crippen molar-refractivity contribution in [3.8, 4) is 11.5 Å². The lowest BCUT2D eigenvalue weighted by Crippen LogP contribution is -2.21. The van der Waals surface area contributed by atoms with Gasteiger partial charge in [0.1, 0.15) is 22.3 Å². The van der Waals surface area contributed by atoms with Crippen LogP contribution in [0.15, 0.2) is 11.1 Å². The van der Waals surface area contributed by atoms with Gasteiger partial charge in [0.05, 0.1) is 16.0 Å². The first-order valence-electron chi connectivity index (χ1n) is 4.60. The minimum Gasteiger partial charge on any atom is -0.507 e. The summed E-state index contributed by atoms with van der Waals surface area (Å²) in [6.45, 7) is 1.54. The van der Waals surface area contributed by atoms with Gasteiger partial charge in [0, 0.05) is 0 Å². The van der Waals surface area contributed by atoms with Crippen molar-refractivity contribution in [1.82, 2.24) is 0 Å². The van der Waals surface area contributed by atoms with E-state index in [1.54, 1.807) is 6.92 Å². The summed E-state index contributed by atoms with van der Waals surface area (Å²) in [4.78, 5) is 11.4. The van der Waals surface area contributed by atoms with E-state index in [0.29, 0.717) is 5.56 Å². The predicted molar refractivity (Wildman–Crippen MR) is 66.6 cm³/mol. The summed E-state index contributed by atoms with van der Waals surface area (Å²) in [5.74, 6) is -1.85. The largest absolute Gasteiger partial charge is 0.507 e. The molecule has 0 fully saturated rings. The van der Waals surface area contributed by atoms with Crippen LogP contribution in [-0.2, 0) is 4.79 Å². The number of aromatic hydroxyl groups is 2. The Morgan fingerprint density at radius 2 is 1.82 bits per heavy atom. The smallest absolute Gasteiger partial charge is 0.219 e. The molecule has 6 heteroatoms. The molecule has 4 nitrogen and oxygen atoms in total. The molecule has 0 spiro atoms. The number of benzene rings is 1. The Balaban J connectivity index is 2.95. The number of phenolic OH excluding ortho intramolecular Hbond substituents is 2. The second-order valence-electron chi connectivity index (χ2n) is 3.63. The number of aryl methyl sites for hydroxylation is 1. The molecule has 3 N–H and O–H groups in total.